The van der Waals surface area contributed by atoms with Gasteiger partial charge in [-0.15, -0.1) is 0 Å². The highest BCUT2D eigenvalue weighted by molar-refractivity contribution is 9.10. The summed E-state index contributed by atoms with van der Waals surface area (Å²) in [6.45, 7) is 2.07. The topological polar surface area (TPSA) is 38.3 Å². The second-order valence-corrected chi connectivity index (χ2v) is 4.88. The number of carbonyl (C=O) groups excluding carboxylic acids is 1. The second-order valence-electron chi connectivity index (χ2n) is 3.97. The summed E-state index contributed by atoms with van der Waals surface area (Å²) in [6.07, 6.45) is 0.00426. The van der Waals surface area contributed by atoms with E-state index < -0.39 is 11.8 Å². The summed E-state index contributed by atoms with van der Waals surface area (Å²) in [5.74, 6) is -0.312. The van der Waals surface area contributed by atoms with Crippen molar-refractivity contribution in [1.82, 2.24) is 5.32 Å². The molecule has 1 unspecified atom stereocenters. The Labute approximate surface area is 101 Å². The van der Waals surface area contributed by atoms with Gasteiger partial charge in [0.1, 0.15) is 5.82 Å². The van der Waals surface area contributed by atoms with Crippen LogP contribution in [0, 0.1) is 5.82 Å². The Bertz CT molecular complexity index is 426. The summed E-state index contributed by atoms with van der Waals surface area (Å²) in [4.78, 5) is 10.6. The number of rotatable bonds is 2. The molecule has 16 heavy (non-hydrogen) atoms. The average molecular weight is 288 g/mol. The SMILES string of the molecule is C[C@@]1(c2cc(Br)ccc2F)COC(C=O)N1. The highest BCUT2D eigenvalue weighted by Crippen LogP contribution is 2.30. The quantitative estimate of drug-likeness (QED) is 0.845. The van der Waals surface area contributed by atoms with Crippen LogP contribution in [-0.2, 0) is 15.1 Å². The van der Waals surface area contributed by atoms with Crippen LogP contribution in [0.25, 0.3) is 0 Å². The minimum Gasteiger partial charge on any atom is -0.354 e. The molecule has 1 aliphatic rings. The summed E-state index contributed by atoms with van der Waals surface area (Å²) in [6, 6.07) is 4.72. The molecule has 0 aliphatic carbocycles. The normalized spacial score (nSPS) is 29.3. The Morgan fingerprint density at radius 3 is 3.06 bits per heavy atom. The molecule has 1 saturated heterocycles. The van der Waals surface area contributed by atoms with E-state index in [0.717, 1.165) is 4.47 Å². The van der Waals surface area contributed by atoms with Gasteiger partial charge < -0.3 is 4.74 Å². The van der Waals surface area contributed by atoms with Crippen molar-refractivity contribution >= 4 is 22.2 Å². The summed E-state index contributed by atoms with van der Waals surface area (Å²) < 4.78 is 19.7. The molecule has 1 heterocycles. The molecule has 0 saturated carbocycles. The molecule has 0 bridgehead atoms. The lowest BCUT2D eigenvalue weighted by Crippen LogP contribution is -2.40. The molecule has 0 amide bonds. The molecule has 0 radical (unpaired) electrons. The zero-order valence-corrected chi connectivity index (χ0v) is 10.3. The molecular weight excluding hydrogens is 277 g/mol. The lowest BCUT2D eigenvalue weighted by molar-refractivity contribution is -0.116. The molecule has 1 N–H and O–H groups in total. The molecule has 1 aliphatic heterocycles. The van der Waals surface area contributed by atoms with Crippen molar-refractivity contribution < 1.29 is 13.9 Å². The third-order valence-corrected chi connectivity index (χ3v) is 3.15. The Morgan fingerprint density at radius 2 is 2.44 bits per heavy atom. The van der Waals surface area contributed by atoms with E-state index in [1.165, 1.54) is 6.07 Å². The Kier molecular flexibility index (Phi) is 3.10. The molecule has 1 aromatic rings. The highest BCUT2D eigenvalue weighted by atomic mass is 79.9. The van der Waals surface area contributed by atoms with E-state index in [1.54, 1.807) is 19.1 Å². The number of aldehydes is 1. The van der Waals surface area contributed by atoms with Crippen LogP contribution >= 0.6 is 15.9 Å². The molecule has 86 valence electrons. The molecule has 0 aromatic heterocycles. The van der Waals surface area contributed by atoms with Crippen molar-refractivity contribution in [3.8, 4) is 0 Å². The van der Waals surface area contributed by atoms with Crippen molar-refractivity contribution in [1.29, 1.82) is 0 Å². The third kappa shape index (κ3) is 2.03. The van der Waals surface area contributed by atoms with E-state index in [4.69, 9.17) is 4.74 Å². The maximum atomic E-state index is 13.7. The summed E-state index contributed by atoms with van der Waals surface area (Å²) >= 11 is 3.29. The Balaban J connectivity index is 2.36. The van der Waals surface area contributed by atoms with Gasteiger partial charge in [-0.25, -0.2) is 4.39 Å². The highest BCUT2D eigenvalue weighted by Gasteiger charge is 2.38. The lowest BCUT2D eigenvalue weighted by atomic mass is 9.93. The van der Waals surface area contributed by atoms with Gasteiger partial charge in [-0.1, -0.05) is 15.9 Å². The fraction of sp³-hybridized carbons (Fsp3) is 0.364. The van der Waals surface area contributed by atoms with E-state index >= 15 is 0 Å². The van der Waals surface area contributed by atoms with Gasteiger partial charge in [0.15, 0.2) is 12.5 Å². The van der Waals surface area contributed by atoms with Gasteiger partial charge in [-0.05, 0) is 25.1 Å². The number of ether oxygens (including phenoxy) is 1. The van der Waals surface area contributed by atoms with Gasteiger partial charge in [-0.2, -0.15) is 0 Å². The van der Waals surface area contributed by atoms with Crippen molar-refractivity contribution in [2.24, 2.45) is 0 Å². The van der Waals surface area contributed by atoms with E-state index in [9.17, 15) is 9.18 Å². The van der Waals surface area contributed by atoms with Crippen molar-refractivity contribution in [3.63, 3.8) is 0 Å². The monoisotopic (exact) mass is 287 g/mol. The van der Waals surface area contributed by atoms with Crippen LogP contribution in [-0.4, -0.2) is 19.1 Å². The largest absolute Gasteiger partial charge is 0.354 e. The van der Waals surface area contributed by atoms with Gasteiger partial charge in [0, 0.05) is 10.0 Å². The van der Waals surface area contributed by atoms with Gasteiger partial charge in [0.25, 0.3) is 0 Å². The zero-order chi connectivity index (χ0) is 11.8. The number of hydrogen-bond acceptors (Lipinski definition) is 3. The first-order valence-corrected chi connectivity index (χ1v) is 5.64. The van der Waals surface area contributed by atoms with Gasteiger partial charge in [0.05, 0.1) is 12.1 Å². The van der Waals surface area contributed by atoms with E-state index in [2.05, 4.69) is 21.2 Å². The van der Waals surface area contributed by atoms with Crippen LogP contribution in [0.1, 0.15) is 12.5 Å². The lowest BCUT2D eigenvalue weighted by Gasteiger charge is -2.24. The van der Waals surface area contributed by atoms with Crippen molar-refractivity contribution in [2.75, 3.05) is 6.61 Å². The van der Waals surface area contributed by atoms with Gasteiger partial charge >= 0.3 is 0 Å². The number of nitrogens with one attached hydrogen (secondary N) is 1. The minimum atomic E-state index is -0.667. The van der Waals surface area contributed by atoms with Crippen LogP contribution < -0.4 is 5.32 Å². The average Bonchev–Trinajstić information content (AvgIpc) is 2.65. The number of carbonyl (C=O) groups is 1. The predicted octanol–water partition coefficient (Wildman–Crippen LogP) is 1.95. The fourth-order valence-electron chi connectivity index (χ4n) is 1.80. The van der Waals surface area contributed by atoms with Crippen molar-refractivity contribution in [2.45, 2.75) is 18.7 Å². The third-order valence-electron chi connectivity index (χ3n) is 2.66. The molecule has 2 atom stereocenters. The summed E-state index contributed by atoms with van der Waals surface area (Å²) in [5.41, 5.74) is -0.175. The smallest absolute Gasteiger partial charge is 0.165 e. The van der Waals surface area contributed by atoms with Crippen LogP contribution in [0.15, 0.2) is 22.7 Å². The van der Waals surface area contributed by atoms with Crippen LogP contribution in [0.3, 0.4) is 0 Å². The Hall–Kier alpha value is -0.780. The molecule has 3 nitrogen and oxygen atoms in total. The second kappa shape index (κ2) is 4.24. The van der Waals surface area contributed by atoms with Gasteiger partial charge in [-0.3, -0.25) is 10.1 Å². The first-order chi connectivity index (χ1) is 7.55. The number of halogens is 2. The number of benzene rings is 1. The summed E-state index contributed by atoms with van der Waals surface area (Å²) in [5, 5.41) is 2.95. The summed E-state index contributed by atoms with van der Waals surface area (Å²) in [7, 11) is 0. The van der Waals surface area contributed by atoms with Crippen molar-refractivity contribution in [3.05, 3.63) is 34.1 Å². The number of hydrogen-bond donors (Lipinski definition) is 1. The molecule has 1 fully saturated rings. The van der Waals surface area contributed by atoms with Gasteiger partial charge in [0.2, 0.25) is 0 Å². The first-order valence-electron chi connectivity index (χ1n) is 4.85. The Morgan fingerprint density at radius 1 is 1.69 bits per heavy atom. The van der Waals surface area contributed by atoms with Crippen LogP contribution in [0.4, 0.5) is 4.39 Å². The maximum absolute atomic E-state index is 13.7. The predicted molar refractivity (Wildman–Crippen MR) is 60.4 cm³/mol. The van der Waals surface area contributed by atoms with E-state index in [-0.39, 0.29) is 12.4 Å². The molecular formula is C11H11BrFNO2. The standard InChI is InChI=1S/C11H11BrFNO2/c1-11(6-16-10(5-15)14-11)8-4-7(12)2-3-9(8)13/h2-5,10,14H,6H2,1H3/t10?,11-/m0/s1. The maximum Gasteiger partial charge on any atom is 0.165 e. The van der Waals surface area contributed by atoms with E-state index in [0.29, 0.717) is 11.8 Å². The molecule has 1 aromatic carbocycles. The molecule has 2 rings (SSSR count). The first kappa shape index (κ1) is 11.7. The minimum absolute atomic E-state index is 0.268. The van der Waals surface area contributed by atoms with E-state index in [1.807, 2.05) is 0 Å². The zero-order valence-electron chi connectivity index (χ0n) is 8.67. The fourth-order valence-corrected chi connectivity index (χ4v) is 2.16. The molecule has 0 spiro atoms. The van der Waals surface area contributed by atoms with Crippen LogP contribution in [0.2, 0.25) is 0 Å². The van der Waals surface area contributed by atoms with Crippen LogP contribution in [0.5, 0.6) is 0 Å². The molecule has 5 heteroatoms.